The summed E-state index contributed by atoms with van der Waals surface area (Å²) in [6.45, 7) is 3.88. The first-order valence-electron chi connectivity index (χ1n) is 11.3. The number of piperazine rings is 1. The van der Waals surface area contributed by atoms with Crippen LogP contribution in [0.5, 0.6) is 5.75 Å². The van der Waals surface area contributed by atoms with Gasteiger partial charge in [0.05, 0.1) is 23.4 Å². The van der Waals surface area contributed by atoms with Gasteiger partial charge in [-0.15, -0.1) is 0 Å². The largest absolute Gasteiger partial charge is 0.495 e. The van der Waals surface area contributed by atoms with Crippen LogP contribution in [0.3, 0.4) is 0 Å². The third-order valence-electron chi connectivity index (χ3n) is 6.04. The van der Waals surface area contributed by atoms with Crippen LogP contribution < -0.4 is 13.9 Å². The smallest absolute Gasteiger partial charge is 0.264 e. The fourth-order valence-corrected chi connectivity index (χ4v) is 5.89. The maximum atomic E-state index is 13.6. The topological polar surface area (TPSA) is 70.2 Å². The number of rotatable bonds is 7. The molecule has 0 bridgehead atoms. The van der Waals surface area contributed by atoms with Crippen LogP contribution in [0.1, 0.15) is 5.56 Å². The summed E-state index contributed by atoms with van der Waals surface area (Å²) in [5, 5.41) is 0. The second kappa shape index (κ2) is 10.7. The van der Waals surface area contributed by atoms with Gasteiger partial charge in [-0.2, -0.15) is 0 Å². The molecular weight excluding hydrogens is 530 g/mol. The number of hydrogen-bond donors (Lipinski definition) is 0. The Morgan fingerprint density at radius 3 is 2.31 bits per heavy atom. The van der Waals surface area contributed by atoms with Crippen molar-refractivity contribution in [3.8, 4) is 5.75 Å². The Bertz CT molecular complexity index is 1290. The molecule has 0 N–H and O–H groups in total. The van der Waals surface area contributed by atoms with Crippen molar-refractivity contribution in [3.05, 3.63) is 82.8 Å². The highest BCUT2D eigenvalue weighted by Gasteiger charge is 2.30. The number of halogens is 1. The minimum Gasteiger partial charge on any atom is -0.495 e. The number of sulfonamides is 1. The molecule has 3 aromatic carbocycles. The summed E-state index contributed by atoms with van der Waals surface area (Å²) >= 11 is 3.41. The second-order valence-corrected chi connectivity index (χ2v) is 11.1. The van der Waals surface area contributed by atoms with E-state index in [9.17, 15) is 13.2 Å². The third kappa shape index (κ3) is 5.62. The molecule has 1 saturated heterocycles. The number of hydrogen-bond acceptors (Lipinski definition) is 5. The van der Waals surface area contributed by atoms with Crippen molar-refractivity contribution in [1.82, 2.24) is 4.90 Å². The molecule has 0 saturated carbocycles. The van der Waals surface area contributed by atoms with Gasteiger partial charge in [0.2, 0.25) is 5.91 Å². The van der Waals surface area contributed by atoms with E-state index >= 15 is 0 Å². The van der Waals surface area contributed by atoms with Crippen molar-refractivity contribution >= 4 is 43.2 Å². The van der Waals surface area contributed by atoms with Gasteiger partial charge in [0.15, 0.2) is 0 Å². The van der Waals surface area contributed by atoms with Gasteiger partial charge in [0.1, 0.15) is 12.3 Å². The summed E-state index contributed by atoms with van der Waals surface area (Å²) in [4.78, 5) is 17.4. The van der Waals surface area contributed by atoms with Crippen molar-refractivity contribution in [2.75, 3.05) is 49.0 Å². The second-order valence-electron chi connectivity index (χ2n) is 8.34. The molecule has 4 rings (SSSR count). The van der Waals surface area contributed by atoms with Crippen molar-refractivity contribution in [2.24, 2.45) is 0 Å². The van der Waals surface area contributed by atoms with Crippen molar-refractivity contribution < 1.29 is 17.9 Å². The molecule has 1 aliphatic rings. The molecule has 9 heteroatoms. The van der Waals surface area contributed by atoms with Gasteiger partial charge >= 0.3 is 0 Å². The van der Waals surface area contributed by atoms with Crippen molar-refractivity contribution in [1.29, 1.82) is 0 Å². The predicted octanol–water partition coefficient (Wildman–Crippen LogP) is 4.31. The van der Waals surface area contributed by atoms with Gasteiger partial charge in [0, 0.05) is 30.7 Å². The fourth-order valence-electron chi connectivity index (χ4n) is 4.09. The van der Waals surface area contributed by atoms with Crippen LogP contribution >= 0.6 is 15.9 Å². The Morgan fingerprint density at radius 1 is 0.971 bits per heavy atom. The Balaban J connectivity index is 1.54. The van der Waals surface area contributed by atoms with Gasteiger partial charge < -0.3 is 14.5 Å². The highest BCUT2D eigenvalue weighted by Crippen LogP contribution is 2.29. The zero-order valence-corrected chi connectivity index (χ0v) is 22.1. The first-order chi connectivity index (χ1) is 16.8. The maximum Gasteiger partial charge on any atom is 0.264 e. The quantitative estimate of drug-likeness (QED) is 0.433. The SMILES string of the molecule is COc1ccccc1N1CCN(C(=O)CN(c2cccc(Br)c2)S(=O)(=O)c2ccc(C)cc2)CC1. The number of methoxy groups -OCH3 is 1. The van der Waals surface area contributed by atoms with E-state index in [2.05, 4.69) is 20.8 Å². The molecule has 35 heavy (non-hydrogen) atoms. The molecule has 1 fully saturated rings. The monoisotopic (exact) mass is 557 g/mol. The molecule has 0 atom stereocenters. The molecule has 0 spiro atoms. The molecule has 7 nitrogen and oxygen atoms in total. The number of amides is 1. The van der Waals surface area contributed by atoms with Gasteiger partial charge in [-0.05, 0) is 49.4 Å². The van der Waals surface area contributed by atoms with E-state index in [-0.39, 0.29) is 17.3 Å². The highest BCUT2D eigenvalue weighted by atomic mass is 79.9. The molecule has 0 aliphatic carbocycles. The average Bonchev–Trinajstić information content (AvgIpc) is 2.87. The van der Waals surface area contributed by atoms with Crippen molar-refractivity contribution in [3.63, 3.8) is 0 Å². The van der Waals surface area contributed by atoms with E-state index in [1.165, 1.54) is 4.31 Å². The van der Waals surface area contributed by atoms with Crippen LogP contribution in [-0.4, -0.2) is 59.1 Å². The lowest BCUT2D eigenvalue weighted by Gasteiger charge is -2.37. The Labute approximate surface area is 215 Å². The Morgan fingerprint density at radius 2 is 1.66 bits per heavy atom. The summed E-state index contributed by atoms with van der Waals surface area (Å²) in [6.07, 6.45) is 0. The first-order valence-corrected chi connectivity index (χ1v) is 13.5. The van der Waals surface area contributed by atoms with E-state index in [1.807, 2.05) is 37.3 Å². The summed E-state index contributed by atoms with van der Waals surface area (Å²) < 4.78 is 34.6. The Hall–Kier alpha value is -3.04. The van der Waals surface area contributed by atoms with E-state index in [1.54, 1.807) is 54.5 Å². The predicted molar refractivity (Wildman–Crippen MR) is 142 cm³/mol. The highest BCUT2D eigenvalue weighted by molar-refractivity contribution is 9.10. The normalized spacial score (nSPS) is 14.0. The number of carbonyl (C=O) groups excluding carboxylic acids is 1. The van der Waals surface area contributed by atoms with Crippen molar-refractivity contribution in [2.45, 2.75) is 11.8 Å². The number of aryl methyl sites for hydroxylation is 1. The molecule has 0 aromatic heterocycles. The van der Waals surface area contributed by atoms with E-state index in [0.29, 0.717) is 31.9 Å². The van der Waals surface area contributed by atoms with E-state index < -0.39 is 10.0 Å². The fraction of sp³-hybridized carbons (Fsp3) is 0.269. The van der Waals surface area contributed by atoms with Crippen LogP contribution in [-0.2, 0) is 14.8 Å². The molecule has 1 amide bonds. The standard InChI is InChI=1S/C26H28BrN3O4S/c1-20-10-12-23(13-11-20)35(32,33)30(22-7-5-6-21(27)18-22)19-26(31)29-16-14-28(15-17-29)24-8-3-4-9-25(24)34-2/h3-13,18H,14-17,19H2,1-2H3. The zero-order valence-electron chi connectivity index (χ0n) is 19.7. The lowest BCUT2D eigenvalue weighted by atomic mass is 10.2. The average molecular weight is 558 g/mol. The summed E-state index contributed by atoms with van der Waals surface area (Å²) in [5.74, 6) is 0.553. The van der Waals surface area contributed by atoms with Crippen LogP contribution in [0.25, 0.3) is 0 Å². The minimum atomic E-state index is -3.95. The number of anilines is 2. The molecule has 3 aromatic rings. The van der Waals surface area contributed by atoms with Crippen LogP contribution in [0.15, 0.2) is 82.2 Å². The number of benzene rings is 3. The molecule has 184 valence electrons. The molecule has 0 radical (unpaired) electrons. The lowest BCUT2D eigenvalue weighted by molar-refractivity contribution is -0.129. The summed E-state index contributed by atoms with van der Waals surface area (Å²) in [7, 11) is -2.30. The molecule has 1 heterocycles. The van der Waals surface area contributed by atoms with E-state index in [0.717, 1.165) is 21.5 Å². The number of carbonyl (C=O) groups is 1. The zero-order chi connectivity index (χ0) is 25.0. The minimum absolute atomic E-state index is 0.150. The molecule has 1 aliphatic heterocycles. The summed E-state index contributed by atoms with van der Waals surface area (Å²) in [5.41, 5.74) is 2.38. The van der Waals surface area contributed by atoms with Gasteiger partial charge in [0.25, 0.3) is 10.0 Å². The van der Waals surface area contributed by atoms with Crippen LogP contribution in [0.2, 0.25) is 0 Å². The maximum absolute atomic E-state index is 13.6. The third-order valence-corrected chi connectivity index (χ3v) is 8.32. The number of ether oxygens (including phenoxy) is 1. The van der Waals surface area contributed by atoms with Gasteiger partial charge in [-0.25, -0.2) is 8.42 Å². The lowest BCUT2D eigenvalue weighted by Crippen LogP contribution is -2.52. The van der Waals surface area contributed by atoms with E-state index in [4.69, 9.17) is 4.74 Å². The molecular formula is C26H28BrN3O4S. The number of para-hydroxylation sites is 2. The summed E-state index contributed by atoms with van der Waals surface area (Å²) in [6, 6.07) is 21.4. The van der Waals surface area contributed by atoms with Crippen LogP contribution in [0.4, 0.5) is 11.4 Å². The first kappa shape index (κ1) is 25.1. The molecule has 0 unspecified atom stereocenters. The Kier molecular flexibility index (Phi) is 7.66. The van der Waals surface area contributed by atoms with Gasteiger partial charge in [-0.1, -0.05) is 51.8 Å². The van der Waals surface area contributed by atoms with Gasteiger partial charge in [-0.3, -0.25) is 9.10 Å². The number of nitrogens with zero attached hydrogens (tertiary/aromatic N) is 3. The van der Waals surface area contributed by atoms with Crippen LogP contribution in [0, 0.1) is 6.92 Å².